The van der Waals surface area contributed by atoms with Crippen LogP contribution in [0.5, 0.6) is 0 Å². The topological polar surface area (TPSA) is 75.1 Å². The van der Waals surface area contributed by atoms with Gasteiger partial charge in [0, 0.05) is 43.1 Å². The minimum Gasteiger partial charge on any atom is -0.379 e. The van der Waals surface area contributed by atoms with E-state index in [4.69, 9.17) is 0 Å². The number of fused-ring (bicyclic) bond motifs is 1. The van der Waals surface area contributed by atoms with Gasteiger partial charge in [0.1, 0.15) is 11.9 Å². The Morgan fingerprint density at radius 1 is 1.24 bits per heavy atom. The third kappa shape index (κ3) is 6.04. The molecule has 1 amide bonds. The average molecular weight is 531 g/mol. The highest BCUT2D eigenvalue weighted by molar-refractivity contribution is 6.01. The number of anilines is 1. The molecule has 1 fully saturated rings. The lowest BCUT2D eigenvalue weighted by Gasteiger charge is -2.33. The zero-order valence-electron chi connectivity index (χ0n) is 21.4. The number of hydrogen-bond acceptors (Lipinski definition) is 5. The Hall–Kier alpha value is -3.73. The normalized spacial score (nSPS) is 18.7. The summed E-state index contributed by atoms with van der Waals surface area (Å²) in [5.74, 6) is -0.333. The summed E-state index contributed by atoms with van der Waals surface area (Å²) in [4.78, 5) is 18.5. The van der Waals surface area contributed by atoms with Crippen LogP contribution in [0.3, 0.4) is 0 Å². The summed E-state index contributed by atoms with van der Waals surface area (Å²) < 4.78 is 57.2. The van der Waals surface area contributed by atoms with Gasteiger partial charge in [-0.1, -0.05) is 24.8 Å². The Morgan fingerprint density at radius 3 is 2.66 bits per heavy atom. The first-order valence-corrected chi connectivity index (χ1v) is 12.2. The lowest BCUT2D eigenvalue weighted by molar-refractivity contribution is -0.0688. The maximum absolute atomic E-state index is 14.7. The molecule has 0 radical (unpaired) electrons. The lowest BCUT2D eigenvalue weighted by Crippen LogP contribution is -2.46. The van der Waals surface area contributed by atoms with Crippen molar-refractivity contribution in [2.45, 2.75) is 31.7 Å². The number of nitrogens with zero attached hydrogens (tertiary/aromatic N) is 4. The van der Waals surface area contributed by atoms with Crippen LogP contribution in [-0.4, -0.2) is 70.6 Å². The quantitative estimate of drug-likeness (QED) is 0.432. The number of likely N-dealkylation sites (tertiary alicyclic amines) is 1. The van der Waals surface area contributed by atoms with Crippen LogP contribution in [0, 0.1) is 6.92 Å². The van der Waals surface area contributed by atoms with Gasteiger partial charge in [-0.3, -0.25) is 9.48 Å². The summed E-state index contributed by atoms with van der Waals surface area (Å²) in [6.07, 6.45) is -2.12. The van der Waals surface area contributed by atoms with Crippen LogP contribution in [0.25, 0.3) is 22.4 Å². The number of amides is 1. The van der Waals surface area contributed by atoms with Crippen LogP contribution >= 0.6 is 0 Å². The molecule has 1 aliphatic rings. The summed E-state index contributed by atoms with van der Waals surface area (Å²) in [6, 6.07) is 7.72. The molecule has 1 saturated heterocycles. The summed E-state index contributed by atoms with van der Waals surface area (Å²) in [5.41, 5.74) is 0.491. The van der Waals surface area contributed by atoms with Crippen molar-refractivity contribution in [2.75, 3.05) is 32.0 Å². The number of nitrogens with one attached hydrogen (secondary N) is 2. The second-order valence-electron chi connectivity index (χ2n) is 9.50. The minimum atomic E-state index is -4.68. The van der Waals surface area contributed by atoms with Gasteiger partial charge >= 0.3 is 6.18 Å². The van der Waals surface area contributed by atoms with Crippen molar-refractivity contribution >= 4 is 34.0 Å². The Balaban J connectivity index is 1.63. The fraction of sp³-hybridized carbons (Fsp3) is 0.370. The molecule has 0 spiro atoms. The number of aromatic nitrogens is 3. The molecule has 0 unspecified atom stereocenters. The molecular weight excluding hydrogens is 500 g/mol. The average Bonchev–Trinajstić information content (AvgIpc) is 3.20. The molecule has 0 aliphatic carbocycles. The van der Waals surface area contributed by atoms with Gasteiger partial charge in [0.15, 0.2) is 0 Å². The Morgan fingerprint density at radius 2 is 2.00 bits per heavy atom. The van der Waals surface area contributed by atoms with Gasteiger partial charge in [-0.05, 0) is 44.7 Å². The van der Waals surface area contributed by atoms with Gasteiger partial charge in [0.05, 0.1) is 28.7 Å². The van der Waals surface area contributed by atoms with Crippen LogP contribution in [0.4, 0.5) is 23.2 Å². The third-order valence-corrected chi connectivity index (χ3v) is 6.51. The minimum absolute atomic E-state index is 0.122. The molecule has 2 atom stereocenters. The van der Waals surface area contributed by atoms with E-state index >= 15 is 0 Å². The van der Waals surface area contributed by atoms with Crippen LogP contribution in [0.15, 0.2) is 43.0 Å². The molecule has 202 valence electrons. The highest BCUT2D eigenvalue weighted by atomic mass is 19.4. The molecule has 3 aromatic rings. The number of benzene rings is 1. The number of piperidine rings is 1. The zero-order chi connectivity index (χ0) is 27.6. The fourth-order valence-corrected chi connectivity index (χ4v) is 4.54. The van der Waals surface area contributed by atoms with E-state index in [1.54, 1.807) is 50.4 Å². The molecule has 4 rings (SSSR count). The molecular formula is C27H30F4N6O. The van der Waals surface area contributed by atoms with Crippen LogP contribution in [0.2, 0.25) is 0 Å². The van der Waals surface area contributed by atoms with E-state index in [-0.39, 0.29) is 35.8 Å². The maximum atomic E-state index is 14.7. The van der Waals surface area contributed by atoms with Gasteiger partial charge in [-0.15, -0.1) is 0 Å². The largest absolute Gasteiger partial charge is 0.417 e. The van der Waals surface area contributed by atoms with E-state index in [1.807, 2.05) is 11.9 Å². The van der Waals surface area contributed by atoms with Crippen molar-refractivity contribution in [1.82, 2.24) is 25.0 Å². The summed E-state index contributed by atoms with van der Waals surface area (Å²) in [6.45, 7) is 6.14. The molecule has 0 saturated carbocycles. The van der Waals surface area contributed by atoms with Gasteiger partial charge in [0.25, 0.3) is 5.91 Å². The predicted octanol–water partition coefficient (Wildman–Crippen LogP) is 4.75. The first-order valence-electron chi connectivity index (χ1n) is 12.2. The predicted molar refractivity (Wildman–Crippen MR) is 141 cm³/mol. The number of hydrogen-bond donors (Lipinski definition) is 2. The van der Waals surface area contributed by atoms with E-state index < -0.39 is 24.0 Å². The van der Waals surface area contributed by atoms with E-state index in [2.05, 4.69) is 27.3 Å². The van der Waals surface area contributed by atoms with Gasteiger partial charge < -0.3 is 15.5 Å². The SMILES string of the molecule is C=C(c1nc(/C=C/CNC(=O)c2cc(C)nn2C)cc2c(N[C@@H]3CCN(C)C[C@@H]3F)cccc12)C(F)(F)F. The zero-order valence-corrected chi connectivity index (χ0v) is 21.4. The van der Waals surface area contributed by atoms with Crippen LogP contribution in [0.1, 0.15) is 34.0 Å². The highest BCUT2D eigenvalue weighted by Crippen LogP contribution is 2.37. The van der Waals surface area contributed by atoms with Gasteiger partial charge in [-0.25, -0.2) is 9.37 Å². The number of carbonyl (C=O) groups excluding carboxylic acids is 1. The number of aryl methyl sites for hydroxylation is 2. The second kappa shape index (κ2) is 10.9. The van der Waals surface area contributed by atoms with E-state index in [1.165, 1.54) is 10.8 Å². The van der Waals surface area contributed by atoms with Crippen LogP contribution < -0.4 is 10.6 Å². The molecule has 1 aliphatic heterocycles. The molecule has 7 nitrogen and oxygen atoms in total. The molecule has 0 bridgehead atoms. The second-order valence-corrected chi connectivity index (χ2v) is 9.50. The van der Waals surface area contributed by atoms with Crippen molar-refractivity contribution in [1.29, 1.82) is 0 Å². The van der Waals surface area contributed by atoms with E-state index in [0.29, 0.717) is 35.4 Å². The summed E-state index contributed by atoms with van der Waals surface area (Å²) in [5, 5.41) is 10.8. The van der Waals surface area contributed by atoms with Crippen LogP contribution in [-0.2, 0) is 7.05 Å². The number of rotatable bonds is 7. The van der Waals surface area contributed by atoms with E-state index in [9.17, 15) is 22.4 Å². The molecule has 2 N–H and O–H groups in total. The number of halogens is 4. The standard InChI is InChI=1S/C27H30F4N6O/c1-16-13-24(37(4)35-16)26(38)32-11-6-7-18-14-20-19(25(33-18)17(2)27(29,30)31)8-5-9-22(20)34-23-10-12-36(3)15-21(23)28/h5-9,13-14,21,23,34H,2,10-12,15H2,1,3-4H3,(H,32,38)/b7-6+/t21-,23+/m0/s1. The number of alkyl halides is 4. The molecule has 2 aromatic heterocycles. The number of pyridine rings is 1. The summed E-state index contributed by atoms with van der Waals surface area (Å²) in [7, 11) is 3.51. The summed E-state index contributed by atoms with van der Waals surface area (Å²) >= 11 is 0. The Bertz CT molecular complexity index is 1380. The Labute approximate surface area is 218 Å². The fourth-order valence-electron chi connectivity index (χ4n) is 4.54. The monoisotopic (exact) mass is 530 g/mol. The van der Waals surface area contributed by atoms with Crippen molar-refractivity contribution in [3.63, 3.8) is 0 Å². The first-order chi connectivity index (χ1) is 17.9. The third-order valence-electron chi connectivity index (χ3n) is 6.51. The van der Waals surface area contributed by atoms with Gasteiger partial charge in [-0.2, -0.15) is 18.3 Å². The molecule has 3 heterocycles. The molecule has 11 heteroatoms. The van der Waals surface area contributed by atoms with Crippen molar-refractivity contribution in [3.8, 4) is 0 Å². The first kappa shape index (κ1) is 27.3. The molecule has 1 aromatic carbocycles. The lowest BCUT2D eigenvalue weighted by atomic mass is 9.99. The van der Waals surface area contributed by atoms with Crippen molar-refractivity contribution in [3.05, 3.63) is 65.8 Å². The number of allylic oxidation sites excluding steroid dienone is 1. The smallest absolute Gasteiger partial charge is 0.379 e. The van der Waals surface area contributed by atoms with Crippen molar-refractivity contribution in [2.24, 2.45) is 7.05 Å². The van der Waals surface area contributed by atoms with Crippen molar-refractivity contribution < 1.29 is 22.4 Å². The highest BCUT2D eigenvalue weighted by Gasteiger charge is 2.35. The maximum Gasteiger partial charge on any atom is 0.417 e. The van der Waals surface area contributed by atoms with E-state index in [0.717, 1.165) is 0 Å². The number of carbonyl (C=O) groups is 1. The van der Waals surface area contributed by atoms with Gasteiger partial charge in [0.2, 0.25) is 0 Å². The molecule has 38 heavy (non-hydrogen) atoms. The Kier molecular flexibility index (Phi) is 7.86.